The fourth-order valence-corrected chi connectivity index (χ4v) is 5.39. The van der Waals surface area contributed by atoms with Gasteiger partial charge < -0.3 is 5.32 Å². The Morgan fingerprint density at radius 1 is 1.11 bits per heavy atom. The topological polar surface area (TPSA) is 54.9 Å². The fourth-order valence-electron chi connectivity index (χ4n) is 2.47. The lowest BCUT2D eigenvalue weighted by molar-refractivity contribution is -0.113. The number of nitrogens with one attached hydrogen (secondary N) is 1. The first-order chi connectivity index (χ1) is 13.2. The Bertz CT molecular complexity index is 1060. The summed E-state index contributed by atoms with van der Waals surface area (Å²) in [7, 11) is 0. The molecule has 2 aromatic carbocycles. The highest BCUT2D eigenvalue weighted by atomic mass is 35.5. The van der Waals surface area contributed by atoms with Crippen molar-refractivity contribution >= 4 is 67.3 Å². The molecular weight excluding hydrogens is 418 g/mol. The first-order valence-electron chi connectivity index (χ1n) is 8.14. The number of thioether (sulfide) groups is 1. The second-order valence-electron chi connectivity index (χ2n) is 5.68. The van der Waals surface area contributed by atoms with Gasteiger partial charge in [-0.15, -0.1) is 22.7 Å². The van der Waals surface area contributed by atoms with Gasteiger partial charge in [-0.25, -0.2) is 9.97 Å². The zero-order valence-electron chi connectivity index (χ0n) is 14.0. The summed E-state index contributed by atoms with van der Waals surface area (Å²) in [4.78, 5) is 22.1. The molecule has 4 aromatic rings. The molecule has 136 valence electrons. The monoisotopic (exact) mass is 431 g/mol. The average molecular weight is 432 g/mol. The number of halogens is 1. The van der Waals surface area contributed by atoms with Crippen LogP contribution in [0.2, 0.25) is 5.02 Å². The molecule has 1 N–H and O–H groups in total. The van der Waals surface area contributed by atoms with Crippen LogP contribution in [0.3, 0.4) is 0 Å². The lowest BCUT2D eigenvalue weighted by Crippen LogP contribution is -2.13. The minimum Gasteiger partial charge on any atom is -0.301 e. The molecule has 2 heterocycles. The van der Waals surface area contributed by atoms with Gasteiger partial charge in [0.1, 0.15) is 0 Å². The van der Waals surface area contributed by atoms with Gasteiger partial charge in [0.2, 0.25) is 5.91 Å². The summed E-state index contributed by atoms with van der Waals surface area (Å²) in [6, 6.07) is 15.7. The van der Waals surface area contributed by atoms with Crippen LogP contribution in [-0.4, -0.2) is 21.6 Å². The van der Waals surface area contributed by atoms with E-state index in [-0.39, 0.29) is 5.91 Å². The molecule has 0 radical (unpaired) electrons. The van der Waals surface area contributed by atoms with Crippen LogP contribution in [0, 0.1) is 0 Å². The van der Waals surface area contributed by atoms with Crippen LogP contribution < -0.4 is 5.32 Å². The second-order valence-corrected chi connectivity index (χ2v) is 9.46. The van der Waals surface area contributed by atoms with Crippen LogP contribution in [-0.2, 0) is 11.2 Å². The molecule has 2 aromatic heterocycles. The number of benzene rings is 2. The molecule has 0 bridgehead atoms. The number of carbonyl (C=O) groups is 1. The van der Waals surface area contributed by atoms with Crippen molar-refractivity contribution in [1.29, 1.82) is 0 Å². The minimum atomic E-state index is -0.0853. The van der Waals surface area contributed by atoms with Gasteiger partial charge >= 0.3 is 0 Å². The van der Waals surface area contributed by atoms with Crippen LogP contribution in [0.1, 0.15) is 10.4 Å². The number of aromatic nitrogens is 2. The van der Waals surface area contributed by atoms with Crippen LogP contribution in [0.15, 0.2) is 59.1 Å². The van der Waals surface area contributed by atoms with Crippen molar-refractivity contribution < 1.29 is 4.79 Å². The van der Waals surface area contributed by atoms with Crippen molar-refractivity contribution in [3.05, 3.63) is 70.2 Å². The summed E-state index contributed by atoms with van der Waals surface area (Å²) in [6.07, 6.45) is 2.48. The van der Waals surface area contributed by atoms with Crippen molar-refractivity contribution in [2.75, 3.05) is 11.1 Å². The Labute approximate surface area is 173 Å². The molecule has 0 saturated carbocycles. The van der Waals surface area contributed by atoms with E-state index in [0.717, 1.165) is 30.0 Å². The predicted molar refractivity (Wildman–Crippen MR) is 115 cm³/mol. The first kappa shape index (κ1) is 18.4. The second kappa shape index (κ2) is 8.39. The molecular formula is C19H14ClN3OS3. The summed E-state index contributed by atoms with van der Waals surface area (Å²) in [5.74, 6) is 0.220. The van der Waals surface area contributed by atoms with Crippen LogP contribution in [0.5, 0.6) is 0 Å². The lowest BCUT2D eigenvalue weighted by atomic mass is 10.1. The van der Waals surface area contributed by atoms with Crippen molar-refractivity contribution in [2.24, 2.45) is 0 Å². The Hall–Kier alpha value is -1.93. The van der Waals surface area contributed by atoms with E-state index in [1.807, 2.05) is 48.5 Å². The molecule has 1 amide bonds. The lowest BCUT2D eigenvalue weighted by Gasteiger charge is -2.01. The maximum absolute atomic E-state index is 12.2. The maximum Gasteiger partial charge on any atom is 0.236 e. The number of hydrogen-bond donors (Lipinski definition) is 1. The van der Waals surface area contributed by atoms with Gasteiger partial charge in [0.05, 0.1) is 16.0 Å². The Kier molecular flexibility index (Phi) is 5.73. The number of fused-ring (bicyclic) bond motifs is 1. The smallest absolute Gasteiger partial charge is 0.236 e. The molecule has 4 rings (SSSR count). The minimum absolute atomic E-state index is 0.0853. The van der Waals surface area contributed by atoms with Gasteiger partial charge in [-0.05, 0) is 23.8 Å². The van der Waals surface area contributed by atoms with E-state index in [9.17, 15) is 4.79 Å². The van der Waals surface area contributed by atoms with Crippen LogP contribution >= 0.6 is 46.0 Å². The Morgan fingerprint density at radius 2 is 1.93 bits per heavy atom. The van der Waals surface area contributed by atoms with Crippen LogP contribution in [0.4, 0.5) is 5.13 Å². The molecule has 0 atom stereocenters. The molecule has 4 nitrogen and oxygen atoms in total. The van der Waals surface area contributed by atoms with Gasteiger partial charge in [-0.1, -0.05) is 53.7 Å². The standard InChI is InChI=1S/C19H14ClN3OS3/c20-14-6-2-1-5-12(14)9-13-10-21-18(26-13)23-17(24)11-25-19-22-15-7-3-4-8-16(15)27-19/h1-8,10H,9,11H2,(H,21,23,24). The van der Waals surface area contributed by atoms with Crippen LogP contribution in [0.25, 0.3) is 10.2 Å². The van der Waals surface area contributed by atoms with Gasteiger partial charge in [-0.2, -0.15) is 0 Å². The largest absolute Gasteiger partial charge is 0.301 e. The van der Waals surface area contributed by atoms with Gasteiger partial charge in [0, 0.05) is 22.5 Å². The molecule has 0 aliphatic rings. The van der Waals surface area contributed by atoms with Gasteiger partial charge in [0.25, 0.3) is 0 Å². The van der Waals surface area contributed by atoms with E-state index in [0.29, 0.717) is 17.3 Å². The van der Waals surface area contributed by atoms with Crippen molar-refractivity contribution in [3.63, 3.8) is 0 Å². The third-order valence-corrected chi connectivity index (χ3v) is 7.18. The van der Waals surface area contributed by atoms with E-state index in [1.165, 1.54) is 23.1 Å². The van der Waals surface area contributed by atoms with Crippen molar-refractivity contribution in [1.82, 2.24) is 9.97 Å². The number of para-hydroxylation sites is 1. The molecule has 0 aliphatic carbocycles. The van der Waals surface area contributed by atoms with E-state index in [1.54, 1.807) is 17.5 Å². The van der Waals surface area contributed by atoms with E-state index in [2.05, 4.69) is 15.3 Å². The molecule has 8 heteroatoms. The summed E-state index contributed by atoms with van der Waals surface area (Å²) in [5.41, 5.74) is 2.02. The maximum atomic E-state index is 12.2. The average Bonchev–Trinajstić information content (AvgIpc) is 3.28. The number of anilines is 1. The molecule has 0 fully saturated rings. The number of carbonyl (C=O) groups excluding carboxylic acids is 1. The number of nitrogens with zero attached hydrogens (tertiary/aromatic N) is 2. The number of thiazole rings is 2. The van der Waals surface area contributed by atoms with Gasteiger partial charge in [0.15, 0.2) is 9.47 Å². The number of rotatable bonds is 6. The zero-order valence-corrected chi connectivity index (χ0v) is 17.2. The zero-order chi connectivity index (χ0) is 18.6. The molecule has 0 saturated heterocycles. The van der Waals surface area contributed by atoms with E-state index >= 15 is 0 Å². The fraction of sp³-hybridized carbons (Fsp3) is 0.105. The molecule has 27 heavy (non-hydrogen) atoms. The first-order valence-corrected chi connectivity index (χ1v) is 11.1. The third kappa shape index (κ3) is 4.68. The molecule has 0 spiro atoms. The van der Waals surface area contributed by atoms with Crippen molar-refractivity contribution in [3.8, 4) is 0 Å². The SMILES string of the molecule is O=C(CSc1nc2ccccc2s1)Nc1ncc(Cc2ccccc2Cl)s1. The highest BCUT2D eigenvalue weighted by Crippen LogP contribution is 2.29. The summed E-state index contributed by atoms with van der Waals surface area (Å²) in [5, 5.41) is 4.20. The van der Waals surface area contributed by atoms with E-state index < -0.39 is 0 Å². The highest BCUT2D eigenvalue weighted by molar-refractivity contribution is 8.01. The third-order valence-electron chi connectivity index (χ3n) is 3.72. The van der Waals surface area contributed by atoms with E-state index in [4.69, 9.17) is 11.6 Å². The molecule has 0 unspecified atom stereocenters. The normalized spacial score (nSPS) is 11.0. The quantitative estimate of drug-likeness (QED) is 0.396. The predicted octanol–water partition coefficient (Wildman–Crippen LogP) is 5.73. The summed E-state index contributed by atoms with van der Waals surface area (Å²) in [6.45, 7) is 0. The number of amides is 1. The van der Waals surface area contributed by atoms with Gasteiger partial charge in [-0.3, -0.25) is 4.79 Å². The molecule has 0 aliphatic heterocycles. The Morgan fingerprint density at radius 3 is 2.78 bits per heavy atom. The van der Waals surface area contributed by atoms with Crippen molar-refractivity contribution in [2.45, 2.75) is 10.8 Å². The number of hydrogen-bond acceptors (Lipinski definition) is 6. The Balaban J connectivity index is 1.33. The summed E-state index contributed by atoms with van der Waals surface area (Å²) >= 11 is 10.7. The highest BCUT2D eigenvalue weighted by Gasteiger charge is 2.11. The summed E-state index contributed by atoms with van der Waals surface area (Å²) < 4.78 is 2.02.